The molecule has 4 bridgehead atoms. The largest absolute Gasteiger partial charge is 0.493 e. The molecule has 3 aromatic rings. The Morgan fingerprint density at radius 1 is 1.03 bits per heavy atom. The lowest BCUT2D eigenvalue weighted by molar-refractivity contribution is 0.242. The van der Waals surface area contributed by atoms with Gasteiger partial charge in [-0.3, -0.25) is 4.21 Å². The van der Waals surface area contributed by atoms with Crippen molar-refractivity contribution in [1.82, 2.24) is 9.97 Å². The average Bonchev–Trinajstić information content (AvgIpc) is 2.82. The Kier molecular flexibility index (Phi) is 10.8. The lowest BCUT2D eigenvalue weighted by Gasteiger charge is -2.16. The second-order valence-electron chi connectivity index (χ2n) is 6.78. The summed E-state index contributed by atoms with van der Waals surface area (Å²) in [6.45, 7) is 4.56. The van der Waals surface area contributed by atoms with Gasteiger partial charge in [0.2, 0.25) is 5.88 Å². The van der Waals surface area contributed by atoms with Gasteiger partial charge in [0.05, 0.1) is 19.4 Å². The van der Waals surface area contributed by atoms with Gasteiger partial charge in [-0.25, -0.2) is 13.8 Å². The van der Waals surface area contributed by atoms with Crippen molar-refractivity contribution in [2.75, 3.05) is 31.8 Å². The SMILES string of the molecule is CC.CN.CS(=O)Cc1cc2nc(c1)OCCCOc1cc(F)ccc1-c1cc(ncc1F)N2. The van der Waals surface area contributed by atoms with E-state index in [9.17, 15) is 13.0 Å². The van der Waals surface area contributed by atoms with Crippen LogP contribution in [0.1, 0.15) is 25.8 Å². The third kappa shape index (κ3) is 7.46. The molecule has 2 aromatic heterocycles. The van der Waals surface area contributed by atoms with E-state index in [1.54, 1.807) is 18.4 Å². The predicted molar refractivity (Wildman–Crippen MR) is 132 cm³/mol. The number of halogens is 2. The molecule has 10 heteroatoms. The lowest BCUT2D eigenvalue weighted by Crippen LogP contribution is -2.09. The van der Waals surface area contributed by atoms with Gasteiger partial charge >= 0.3 is 0 Å². The van der Waals surface area contributed by atoms with E-state index in [1.807, 2.05) is 13.8 Å². The molecule has 34 heavy (non-hydrogen) atoms. The van der Waals surface area contributed by atoms with Crippen LogP contribution in [0.2, 0.25) is 0 Å². The molecule has 1 atom stereocenters. The molecule has 3 N–H and O–H groups in total. The molecular weight excluding hydrogens is 462 g/mol. The highest BCUT2D eigenvalue weighted by molar-refractivity contribution is 7.83. The van der Waals surface area contributed by atoms with Crippen LogP contribution in [0.15, 0.2) is 42.6 Å². The summed E-state index contributed by atoms with van der Waals surface area (Å²) >= 11 is 0. The maximum absolute atomic E-state index is 14.6. The second kappa shape index (κ2) is 13.6. The summed E-state index contributed by atoms with van der Waals surface area (Å²) in [6, 6.07) is 8.95. The number of fused-ring (bicyclic) bond motifs is 6. The molecule has 0 radical (unpaired) electrons. The highest BCUT2D eigenvalue weighted by Gasteiger charge is 2.15. The summed E-state index contributed by atoms with van der Waals surface area (Å²) in [5, 5.41) is 3.04. The first-order valence-corrected chi connectivity index (χ1v) is 12.6. The fourth-order valence-electron chi connectivity index (χ4n) is 3.12. The summed E-state index contributed by atoms with van der Waals surface area (Å²) in [7, 11) is 0.460. The van der Waals surface area contributed by atoms with Gasteiger partial charge in [0.15, 0.2) is 0 Å². The van der Waals surface area contributed by atoms with Crippen LogP contribution < -0.4 is 20.5 Å². The number of hydrogen-bond acceptors (Lipinski definition) is 7. The van der Waals surface area contributed by atoms with Gasteiger partial charge in [-0.1, -0.05) is 13.8 Å². The molecule has 0 saturated heterocycles. The third-order valence-corrected chi connectivity index (χ3v) is 5.11. The number of nitrogens with two attached hydrogens (primary N) is 1. The maximum atomic E-state index is 14.6. The van der Waals surface area contributed by atoms with Gasteiger partial charge < -0.3 is 20.5 Å². The number of nitrogens with zero attached hydrogens (tertiary/aromatic N) is 2. The van der Waals surface area contributed by atoms with Crippen LogP contribution >= 0.6 is 0 Å². The van der Waals surface area contributed by atoms with E-state index in [0.717, 1.165) is 11.8 Å². The minimum absolute atomic E-state index is 0.224. The number of rotatable bonds is 2. The maximum Gasteiger partial charge on any atom is 0.215 e. The number of benzene rings is 1. The molecule has 7 nitrogen and oxygen atoms in total. The highest BCUT2D eigenvalue weighted by atomic mass is 32.2. The fraction of sp³-hybridized carbons (Fsp3) is 0.333. The molecular formula is C24H30F2N4O3S. The highest BCUT2D eigenvalue weighted by Crippen LogP contribution is 2.34. The molecule has 0 saturated carbocycles. The van der Waals surface area contributed by atoms with Gasteiger partial charge in [0.25, 0.3) is 0 Å². The van der Waals surface area contributed by atoms with Crippen LogP contribution in [-0.4, -0.2) is 40.7 Å². The van der Waals surface area contributed by atoms with E-state index >= 15 is 0 Å². The van der Waals surface area contributed by atoms with Gasteiger partial charge in [-0.15, -0.1) is 0 Å². The Morgan fingerprint density at radius 3 is 2.50 bits per heavy atom. The topological polar surface area (TPSA) is 99.4 Å². The summed E-state index contributed by atoms with van der Waals surface area (Å²) in [5.41, 5.74) is 5.93. The van der Waals surface area contributed by atoms with Crippen molar-refractivity contribution in [2.24, 2.45) is 5.73 Å². The molecule has 4 rings (SSSR count). The Hall–Kier alpha value is -3.11. The number of ether oxygens (including phenoxy) is 2. The summed E-state index contributed by atoms with van der Waals surface area (Å²) in [6.07, 6.45) is 3.21. The van der Waals surface area contributed by atoms with E-state index in [4.69, 9.17) is 9.47 Å². The minimum atomic E-state index is -1.04. The fourth-order valence-corrected chi connectivity index (χ4v) is 3.75. The first-order valence-electron chi connectivity index (χ1n) is 10.8. The van der Waals surface area contributed by atoms with Crippen LogP contribution in [0.3, 0.4) is 0 Å². The second-order valence-corrected chi connectivity index (χ2v) is 8.22. The standard InChI is InChI=1S/C21H19F2N3O3S.C2H6.CH5N/c1-30(27)12-13-7-20-25-19-10-16(17(23)11-24-19)15-4-3-14(22)9-18(15)28-5-2-6-29-21(8-13)26-20;2*1-2/h3-4,7-11H,2,5-6,12H2,1H3,(H,24,25,26);1-2H3;2H2,1H3. The minimum Gasteiger partial charge on any atom is -0.493 e. The predicted octanol–water partition coefficient (Wildman–Crippen LogP) is 4.81. The van der Waals surface area contributed by atoms with Crippen molar-refractivity contribution in [3.63, 3.8) is 0 Å². The molecule has 1 unspecified atom stereocenters. The Labute approximate surface area is 201 Å². The number of hydrogen-bond donors (Lipinski definition) is 2. The monoisotopic (exact) mass is 492 g/mol. The molecule has 184 valence electrons. The van der Waals surface area contributed by atoms with E-state index in [1.165, 1.54) is 31.3 Å². The molecule has 1 aliphatic heterocycles. The van der Waals surface area contributed by atoms with Gasteiger partial charge in [0, 0.05) is 52.5 Å². The van der Waals surface area contributed by atoms with Crippen LogP contribution in [0.4, 0.5) is 20.4 Å². The van der Waals surface area contributed by atoms with Crippen molar-refractivity contribution >= 4 is 22.4 Å². The van der Waals surface area contributed by atoms with Crippen molar-refractivity contribution in [2.45, 2.75) is 26.0 Å². The normalized spacial score (nSPS) is 13.0. The lowest BCUT2D eigenvalue weighted by atomic mass is 10.0. The van der Waals surface area contributed by atoms with Crippen LogP contribution in [0, 0.1) is 11.6 Å². The molecule has 0 aliphatic carbocycles. The van der Waals surface area contributed by atoms with E-state index in [0.29, 0.717) is 41.9 Å². The van der Waals surface area contributed by atoms with E-state index in [-0.39, 0.29) is 17.9 Å². The molecule has 0 amide bonds. The van der Waals surface area contributed by atoms with Gasteiger partial charge in [-0.05, 0) is 36.9 Å². The molecule has 0 spiro atoms. The summed E-state index contributed by atoms with van der Waals surface area (Å²) in [4.78, 5) is 8.47. The zero-order valence-electron chi connectivity index (χ0n) is 19.7. The Morgan fingerprint density at radius 2 is 1.76 bits per heavy atom. The zero-order chi connectivity index (χ0) is 25.1. The van der Waals surface area contributed by atoms with Crippen molar-refractivity contribution in [3.05, 3.63) is 59.8 Å². The van der Waals surface area contributed by atoms with Crippen LogP contribution in [-0.2, 0) is 16.6 Å². The third-order valence-electron chi connectivity index (χ3n) is 4.37. The first-order chi connectivity index (χ1) is 16.5. The van der Waals surface area contributed by atoms with Crippen LogP contribution in [0.25, 0.3) is 11.1 Å². The molecule has 3 heterocycles. The Bertz CT molecular complexity index is 1120. The zero-order valence-corrected chi connectivity index (χ0v) is 20.5. The van der Waals surface area contributed by atoms with Crippen molar-refractivity contribution in [3.8, 4) is 22.8 Å². The summed E-state index contributed by atoms with van der Waals surface area (Å²) in [5.74, 6) is 0.698. The number of nitrogens with one attached hydrogen (secondary N) is 1. The number of anilines is 2. The quantitative estimate of drug-likeness (QED) is 0.530. The molecule has 1 aliphatic rings. The van der Waals surface area contributed by atoms with Crippen molar-refractivity contribution in [1.29, 1.82) is 0 Å². The number of pyridine rings is 2. The Balaban J connectivity index is 0.000000970. The van der Waals surface area contributed by atoms with E-state index < -0.39 is 22.4 Å². The average molecular weight is 493 g/mol. The van der Waals surface area contributed by atoms with Crippen LogP contribution in [0.5, 0.6) is 11.6 Å². The van der Waals surface area contributed by atoms with Crippen molar-refractivity contribution < 1.29 is 22.5 Å². The molecule has 1 aromatic carbocycles. The van der Waals surface area contributed by atoms with Gasteiger partial charge in [0.1, 0.15) is 29.0 Å². The number of aromatic nitrogens is 2. The summed E-state index contributed by atoms with van der Waals surface area (Å²) < 4.78 is 51.4. The van der Waals surface area contributed by atoms with E-state index in [2.05, 4.69) is 21.0 Å². The first kappa shape index (κ1) is 27.1. The smallest absolute Gasteiger partial charge is 0.215 e. The molecule has 0 fully saturated rings. The van der Waals surface area contributed by atoms with Gasteiger partial charge in [-0.2, -0.15) is 4.98 Å².